The van der Waals surface area contributed by atoms with Gasteiger partial charge in [0.2, 0.25) is 0 Å². The maximum atomic E-state index is 10.1. The lowest BCUT2D eigenvalue weighted by molar-refractivity contribution is 0.0136. The molecule has 2 unspecified atom stereocenters. The van der Waals surface area contributed by atoms with E-state index in [9.17, 15) is 10.2 Å². The largest absolute Gasteiger partial charge is 0.392 e. The van der Waals surface area contributed by atoms with E-state index in [1.165, 1.54) is 0 Å². The third-order valence-electron chi connectivity index (χ3n) is 2.90. The molecule has 0 aliphatic carbocycles. The van der Waals surface area contributed by atoms with Gasteiger partial charge in [-0.3, -0.25) is 0 Å². The van der Waals surface area contributed by atoms with Crippen molar-refractivity contribution in [3.63, 3.8) is 0 Å². The molecule has 1 aromatic rings. The Kier molecular flexibility index (Phi) is 5.58. The van der Waals surface area contributed by atoms with Crippen LogP contribution in [-0.4, -0.2) is 35.0 Å². The zero-order valence-corrected chi connectivity index (χ0v) is 10.3. The third-order valence-corrected chi connectivity index (χ3v) is 2.90. The predicted octanol–water partition coefficient (Wildman–Crippen LogP) is 0.491. The summed E-state index contributed by atoms with van der Waals surface area (Å²) in [6, 6.07) is 5.39. The number of nitrogens with one attached hydrogen (secondary N) is 1. The van der Waals surface area contributed by atoms with Crippen LogP contribution in [0.25, 0.3) is 0 Å². The van der Waals surface area contributed by atoms with Crippen LogP contribution >= 0.6 is 0 Å². The molecular formula is C13H21NO3. The summed E-state index contributed by atoms with van der Waals surface area (Å²) < 4.78 is 0. The van der Waals surface area contributed by atoms with Crippen LogP contribution in [0, 0.1) is 6.92 Å². The number of aryl methyl sites for hydroxylation is 1. The van der Waals surface area contributed by atoms with E-state index in [0.29, 0.717) is 18.5 Å². The first-order valence-corrected chi connectivity index (χ1v) is 5.81. The summed E-state index contributed by atoms with van der Waals surface area (Å²) in [4.78, 5) is 0. The van der Waals surface area contributed by atoms with Crippen LogP contribution in [0.2, 0.25) is 0 Å². The number of aliphatic hydroxyl groups is 3. The van der Waals surface area contributed by atoms with E-state index in [1.807, 2.05) is 19.1 Å². The van der Waals surface area contributed by atoms with Gasteiger partial charge in [0.15, 0.2) is 0 Å². The molecule has 0 aromatic heterocycles. The first-order chi connectivity index (χ1) is 8.10. The van der Waals surface area contributed by atoms with E-state index in [2.05, 4.69) is 5.32 Å². The second-order valence-corrected chi connectivity index (χ2v) is 4.25. The summed E-state index contributed by atoms with van der Waals surface area (Å²) in [6.07, 6.45) is -1.22. The van der Waals surface area contributed by atoms with Crippen molar-refractivity contribution in [3.8, 4) is 0 Å². The molecule has 0 spiro atoms. The van der Waals surface area contributed by atoms with Gasteiger partial charge in [-0.25, -0.2) is 0 Å². The maximum Gasteiger partial charge on any atom is 0.105 e. The Hall–Kier alpha value is -0.940. The van der Waals surface area contributed by atoms with Gasteiger partial charge in [-0.1, -0.05) is 18.2 Å². The Morgan fingerprint density at radius 2 is 2.00 bits per heavy atom. The fraction of sp³-hybridized carbons (Fsp3) is 0.538. The van der Waals surface area contributed by atoms with Crippen molar-refractivity contribution in [1.82, 2.24) is 5.32 Å². The quantitative estimate of drug-likeness (QED) is 0.583. The highest BCUT2D eigenvalue weighted by Gasteiger charge is 2.19. The van der Waals surface area contributed by atoms with Gasteiger partial charge < -0.3 is 20.6 Å². The first-order valence-electron chi connectivity index (χ1n) is 5.81. The van der Waals surface area contributed by atoms with Crippen molar-refractivity contribution < 1.29 is 15.3 Å². The molecule has 96 valence electrons. The molecule has 0 aliphatic rings. The van der Waals surface area contributed by atoms with Crippen molar-refractivity contribution in [2.24, 2.45) is 0 Å². The molecule has 0 bridgehead atoms. The van der Waals surface area contributed by atoms with Crippen LogP contribution in [0.3, 0.4) is 0 Å². The van der Waals surface area contributed by atoms with E-state index < -0.39 is 12.2 Å². The van der Waals surface area contributed by atoms with Gasteiger partial charge >= 0.3 is 0 Å². The highest BCUT2D eigenvalue weighted by Crippen LogP contribution is 2.23. The van der Waals surface area contributed by atoms with Gasteiger partial charge in [-0.15, -0.1) is 0 Å². The summed E-state index contributed by atoms with van der Waals surface area (Å²) in [5.41, 5.74) is 2.34. The topological polar surface area (TPSA) is 72.7 Å². The van der Waals surface area contributed by atoms with Crippen molar-refractivity contribution in [2.75, 3.05) is 13.6 Å². The summed E-state index contributed by atoms with van der Waals surface area (Å²) in [6.45, 7) is 2.47. The number of rotatable bonds is 6. The monoisotopic (exact) mass is 239 g/mol. The molecular weight excluding hydrogens is 218 g/mol. The third kappa shape index (κ3) is 3.78. The smallest absolute Gasteiger partial charge is 0.105 e. The van der Waals surface area contributed by atoms with Crippen molar-refractivity contribution in [3.05, 3.63) is 34.9 Å². The summed E-state index contributed by atoms with van der Waals surface area (Å²) in [5, 5.41) is 31.9. The second kappa shape index (κ2) is 6.71. The standard InChI is InChI=1S/C13H21NO3/c1-9-3-4-10(8-15)7-11(9)13(17)12(16)5-6-14-2/h3-4,7,12-17H,5-6,8H2,1-2H3. The fourth-order valence-corrected chi connectivity index (χ4v) is 1.76. The van der Waals surface area contributed by atoms with Gasteiger partial charge in [0.25, 0.3) is 0 Å². The number of hydrogen-bond acceptors (Lipinski definition) is 4. The van der Waals surface area contributed by atoms with Crippen LogP contribution in [0.15, 0.2) is 18.2 Å². The van der Waals surface area contributed by atoms with Crippen LogP contribution < -0.4 is 5.32 Å². The highest BCUT2D eigenvalue weighted by molar-refractivity contribution is 5.33. The SMILES string of the molecule is CNCCC(O)C(O)c1cc(CO)ccc1C. The zero-order chi connectivity index (χ0) is 12.8. The lowest BCUT2D eigenvalue weighted by atomic mass is 9.96. The zero-order valence-electron chi connectivity index (χ0n) is 10.3. The van der Waals surface area contributed by atoms with Crippen LogP contribution in [0.4, 0.5) is 0 Å². The van der Waals surface area contributed by atoms with Crippen LogP contribution in [0.1, 0.15) is 29.2 Å². The minimum atomic E-state index is -0.908. The normalized spacial score (nSPS) is 14.6. The Morgan fingerprint density at radius 1 is 1.29 bits per heavy atom. The molecule has 0 heterocycles. The molecule has 2 atom stereocenters. The van der Waals surface area contributed by atoms with E-state index in [-0.39, 0.29) is 6.61 Å². The summed E-state index contributed by atoms with van der Waals surface area (Å²) in [7, 11) is 1.80. The first kappa shape index (κ1) is 14.1. The Balaban J connectivity index is 2.82. The van der Waals surface area contributed by atoms with Crippen LogP contribution in [-0.2, 0) is 6.61 Å². The number of aliphatic hydroxyl groups excluding tert-OH is 3. The van der Waals surface area contributed by atoms with Gasteiger partial charge in [-0.2, -0.15) is 0 Å². The van der Waals surface area contributed by atoms with Gasteiger partial charge in [0.05, 0.1) is 12.7 Å². The summed E-state index contributed by atoms with van der Waals surface area (Å²) >= 11 is 0. The lowest BCUT2D eigenvalue weighted by Gasteiger charge is -2.20. The van der Waals surface area contributed by atoms with Gasteiger partial charge in [0, 0.05) is 0 Å². The average Bonchev–Trinajstić information content (AvgIpc) is 2.35. The molecule has 1 rings (SSSR count). The molecule has 4 N–H and O–H groups in total. The number of hydrogen-bond donors (Lipinski definition) is 4. The van der Waals surface area contributed by atoms with Crippen molar-refractivity contribution in [2.45, 2.75) is 32.2 Å². The molecule has 1 aromatic carbocycles. The van der Waals surface area contributed by atoms with E-state index in [1.54, 1.807) is 13.1 Å². The van der Waals surface area contributed by atoms with E-state index in [4.69, 9.17) is 5.11 Å². The van der Waals surface area contributed by atoms with Crippen molar-refractivity contribution >= 4 is 0 Å². The van der Waals surface area contributed by atoms with Crippen molar-refractivity contribution in [1.29, 1.82) is 0 Å². The van der Waals surface area contributed by atoms with Gasteiger partial charge in [0.1, 0.15) is 6.10 Å². The van der Waals surface area contributed by atoms with Crippen LogP contribution in [0.5, 0.6) is 0 Å². The summed E-state index contributed by atoms with van der Waals surface area (Å²) in [5.74, 6) is 0. The lowest BCUT2D eigenvalue weighted by Crippen LogP contribution is -2.24. The molecule has 4 heteroatoms. The Labute approximate surface area is 102 Å². The predicted molar refractivity (Wildman–Crippen MR) is 66.6 cm³/mol. The second-order valence-electron chi connectivity index (χ2n) is 4.25. The van der Waals surface area contributed by atoms with E-state index in [0.717, 1.165) is 11.1 Å². The van der Waals surface area contributed by atoms with Gasteiger partial charge in [-0.05, 0) is 43.6 Å². The molecule has 0 saturated carbocycles. The molecule has 0 radical (unpaired) electrons. The Bertz CT molecular complexity index is 355. The molecule has 0 amide bonds. The maximum absolute atomic E-state index is 10.1. The Morgan fingerprint density at radius 3 is 2.59 bits per heavy atom. The van der Waals surface area contributed by atoms with E-state index >= 15 is 0 Å². The molecule has 4 nitrogen and oxygen atoms in total. The molecule has 17 heavy (non-hydrogen) atoms. The average molecular weight is 239 g/mol. The molecule has 0 saturated heterocycles. The fourth-order valence-electron chi connectivity index (χ4n) is 1.76. The minimum absolute atomic E-state index is 0.0629. The molecule has 0 fully saturated rings. The number of benzene rings is 1. The minimum Gasteiger partial charge on any atom is -0.392 e. The highest BCUT2D eigenvalue weighted by atomic mass is 16.3. The molecule has 0 aliphatic heterocycles.